The molecule has 0 spiro atoms. The van der Waals surface area contributed by atoms with Gasteiger partial charge >= 0.3 is 0 Å². The van der Waals surface area contributed by atoms with E-state index in [0.29, 0.717) is 10.3 Å². The highest BCUT2D eigenvalue weighted by Gasteiger charge is 2.20. The maximum Gasteiger partial charge on any atom is 0.251 e. The van der Waals surface area contributed by atoms with E-state index in [9.17, 15) is 9.18 Å². The van der Waals surface area contributed by atoms with Gasteiger partial charge in [-0.3, -0.25) is 4.79 Å². The summed E-state index contributed by atoms with van der Waals surface area (Å²) in [7, 11) is 0. The third-order valence-corrected chi connectivity index (χ3v) is 4.02. The van der Waals surface area contributed by atoms with Crippen LogP contribution in [-0.4, -0.2) is 9.97 Å². The van der Waals surface area contributed by atoms with Gasteiger partial charge in [-0.05, 0) is 28.1 Å². The van der Waals surface area contributed by atoms with Gasteiger partial charge in [-0.2, -0.15) is 0 Å². The minimum atomic E-state index is -0.598. The molecule has 0 aliphatic heterocycles. The summed E-state index contributed by atoms with van der Waals surface area (Å²) in [5.74, 6) is -0.0996. The summed E-state index contributed by atoms with van der Waals surface area (Å²) in [6.45, 7) is 5.75. The Morgan fingerprint density at radius 2 is 2.00 bits per heavy atom. The molecule has 6 heteroatoms. The molecule has 3 nitrogen and oxygen atoms in total. The highest BCUT2D eigenvalue weighted by atomic mass is 79.9. The van der Waals surface area contributed by atoms with Gasteiger partial charge < -0.3 is 4.98 Å². The Bertz CT molecular complexity index is 722. The normalized spacial score (nSPS) is 11.7. The molecule has 1 N–H and O–H groups in total. The summed E-state index contributed by atoms with van der Waals surface area (Å²) in [6.07, 6.45) is 0. The predicted octanol–water partition coefficient (Wildman–Crippen LogP) is 4.29. The monoisotopic (exact) mass is 358 g/mol. The van der Waals surface area contributed by atoms with Crippen LogP contribution in [0.1, 0.15) is 26.6 Å². The molecule has 0 aliphatic rings. The quantitative estimate of drug-likeness (QED) is 0.772. The van der Waals surface area contributed by atoms with Crippen molar-refractivity contribution in [2.45, 2.75) is 26.2 Å². The molecule has 0 radical (unpaired) electrons. The van der Waals surface area contributed by atoms with Gasteiger partial charge in [-0.15, -0.1) is 0 Å². The molecule has 1 heterocycles. The Kier molecular flexibility index (Phi) is 4.02. The summed E-state index contributed by atoms with van der Waals surface area (Å²) in [5.41, 5.74) is -0.191. The number of rotatable bonds is 1. The van der Waals surface area contributed by atoms with Crippen molar-refractivity contribution < 1.29 is 4.39 Å². The lowest BCUT2D eigenvalue weighted by Gasteiger charge is -2.17. The zero-order valence-corrected chi connectivity index (χ0v) is 13.6. The molecule has 0 fully saturated rings. The topological polar surface area (TPSA) is 45.8 Å². The fraction of sp³-hybridized carbons (Fsp3) is 0.286. The van der Waals surface area contributed by atoms with E-state index in [0.717, 1.165) is 0 Å². The molecule has 2 rings (SSSR count). The second-order valence-corrected chi connectivity index (χ2v) is 6.68. The summed E-state index contributed by atoms with van der Waals surface area (Å²) in [5, 5.41) is -0.0260. The number of halogens is 3. The summed E-state index contributed by atoms with van der Waals surface area (Å²) < 4.78 is 14.7. The fourth-order valence-electron chi connectivity index (χ4n) is 1.67. The van der Waals surface area contributed by atoms with Gasteiger partial charge in [0.05, 0.1) is 10.7 Å². The number of benzene rings is 1. The lowest BCUT2D eigenvalue weighted by Crippen LogP contribution is -2.22. The largest absolute Gasteiger partial charge is 0.310 e. The molecule has 0 amide bonds. The maximum absolute atomic E-state index is 14.2. The van der Waals surface area contributed by atoms with E-state index in [4.69, 9.17) is 11.6 Å². The van der Waals surface area contributed by atoms with Crippen molar-refractivity contribution in [3.8, 4) is 11.3 Å². The van der Waals surface area contributed by atoms with E-state index < -0.39 is 5.82 Å². The van der Waals surface area contributed by atoms with E-state index in [1.165, 1.54) is 6.07 Å². The molecule has 1 aromatic carbocycles. The van der Waals surface area contributed by atoms with Crippen LogP contribution in [0.3, 0.4) is 0 Å². The number of aromatic amines is 1. The third-order valence-electron chi connectivity index (χ3n) is 2.76. The van der Waals surface area contributed by atoms with Gasteiger partial charge in [0, 0.05) is 21.5 Å². The van der Waals surface area contributed by atoms with E-state index in [1.807, 2.05) is 20.8 Å². The van der Waals surface area contributed by atoms with E-state index in [-0.39, 0.29) is 27.3 Å². The number of nitrogens with one attached hydrogen (secondary N) is 1. The Morgan fingerprint density at radius 3 is 2.60 bits per heavy atom. The molecule has 2 aromatic rings. The summed E-state index contributed by atoms with van der Waals surface area (Å²) in [6, 6.07) is 4.43. The fourth-order valence-corrected chi connectivity index (χ4v) is 2.15. The second kappa shape index (κ2) is 5.30. The first-order valence-corrected chi connectivity index (χ1v) is 7.13. The number of aromatic nitrogens is 2. The number of nitrogens with zero attached hydrogens (tertiary/aromatic N) is 1. The maximum atomic E-state index is 14.2. The lowest BCUT2D eigenvalue weighted by molar-refractivity contribution is 0.543. The average molecular weight is 360 g/mol. The third kappa shape index (κ3) is 2.94. The average Bonchev–Trinajstić information content (AvgIpc) is 2.34. The van der Waals surface area contributed by atoms with Gasteiger partial charge in [0.1, 0.15) is 5.82 Å². The molecular formula is C14H13BrClFN2O. The first-order chi connectivity index (χ1) is 9.20. The van der Waals surface area contributed by atoms with Gasteiger partial charge in [0.2, 0.25) is 0 Å². The predicted molar refractivity (Wildman–Crippen MR) is 81.7 cm³/mol. The first kappa shape index (κ1) is 15.2. The van der Waals surface area contributed by atoms with Crippen LogP contribution >= 0.6 is 27.5 Å². The molecule has 20 heavy (non-hydrogen) atoms. The Hall–Kier alpha value is -1.20. The zero-order valence-electron chi connectivity index (χ0n) is 11.2. The van der Waals surface area contributed by atoms with Crippen molar-refractivity contribution in [1.29, 1.82) is 0 Å². The van der Waals surface area contributed by atoms with Crippen LogP contribution in [0.5, 0.6) is 0 Å². The van der Waals surface area contributed by atoms with Crippen molar-refractivity contribution in [3.05, 3.63) is 49.7 Å². The van der Waals surface area contributed by atoms with Crippen molar-refractivity contribution >= 4 is 27.5 Å². The molecular weight excluding hydrogens is 347 g/mol. The van der Waals surface area contributed by atoms with E-state index >= 15 is 0 Å². The molecule has 106 valence electrons. The van der Waals surface area contributed by atoms with Crippen LogP contribution in [-0.2, 0) is 5.41 Å². The Labute approximate surface area is 129 Å². The van der Waals surface area contributed by atoms with Gasteiger partial charge in [-0.1, -0.05) is 32.4 Å². The van der Waals surface area contributed by atoms with Crippen LogP contribution in [0.25, 0.3) is 11.3 Å². The Balaban J connectivity index is 2.68. The molecule has 0 unspecified atom stereocenters. The standard InChI is InChI=1S/C14H13BrClFN2O/c1-14(2,3)13-18-9(6-10(20)19-13)7-4-5-8(15)11(16)12(7)17/h4-6H,1-3H3,(H,18,19,20). The molecule has 0 aliphatic carbocycles. The lowest BCUT2D eigenvalue weighted by atomic mass is 9.95. The minimum Gasteiger partial charge on any atom is -0.310 e. The molecule has 0 saturated heterocycles. The molecule has 0 saturated carbocycles. The number of hydrogen-bond donors (Lipinski definition) is 1. The number of H-pyrrole nitrogens is 1. The van der Waals surface area contributed by atoms with Crippen molar-refractivity contribution in [2.75, 3.05) is 0 Å². The van der Waals surface area contributed by atoms with Crippen molar-refractivity contribution in [2.24, 2.45) is 0 Å². The van der Waals surface area contributed by atoms with Gasteiger partial charge in [0.25, 0.3) is 5.56 Å². The van der Waals surface area contributed by atoms with Crippen molar-refractivity contribution in [3.63, 3.8) is 0 Å². The van der Waals surface area contributed by atoms with E-state index in [2.05, 4.69) is 25.9 Å². The van der Waals surface area contributed by atoms with Crippen molar-refractivity contribution in [1.82, 2.24) is 9.97 Å². The van der Waals surface area contributed by atoms with Crippen LogP contribution in [0, 0.1) is 5.82 Å². The van der Waals surface area contributed by atoms with Gasteiger partial charge in [-0.25, -0.2) is 9.37 Å². The number of hydrogen-bond acceptors (Lipinski definition) is 2. The van der Waals surface area contributed by atoms with Crippen LogP contribution in [0.15, 0.2) is 27.5 Å². The molecule has 1 aromatic heterocycles. The molecule has 0 atom stereocenters. The van der Waals surface area contributed by atoms with Crippen LogP contribution in [0.4, 0.5) is 4.39 Å². The van der Waals surface area contributed by atoms with E-state index in [1.54, 1.807) is 12.1 Å². The highest BCUT2D eigenvalue weighted by Crippen LogP contribution is 2.32. The smallest absolute Gasteiger partial charge is 0.251 e. The second-order valence-electron chi connectivity index (χ2n) is 5.45. The van der Waals surface area contributed by atoms with Crippen LogP contribution in [0.2, 0.25) is 5.02 Å². The minimum absolute atomic E-state index is 0.0260. The first-order valence-electron chi connectivity index (χ1n) is 5.96. The highest BCUT2D eigenvalue weighted by molar-refractivity contribution is 9.10. The summed E-state index contributed by atoms with van der Waals surface area (Å²) in [4.78, 5) is 18.7. The summed E-state index contributed by atoms with van der Waals surface area (Å²) >= 11 is 9.02. The van der Waals surface area contributed by atoms with Gasteiger partial charge in [0.15, 0.2) is 5.82 Å². The van der Waals surface area contributed by atoms with Crippen LogP contribution < -0.4 is 5.56 Å². The SMILES string of the molecule is CC(C)(C)c1nc(-c2ccc(Br)c(Cl)c2F)cc(=O)[nH]1. The molecule has 0 bridgehead atoms. The zero-order chi connectivity index (χ0) is 15.1. The Morgan fingerprint density at radius 1 is 1.35 bits per heavy atom.